The number of ether oxygens (including phenoxy) is 1. The fourth-order valence-electron chi connectivity index (χ4n) is 2.49. The number of methoxy groups -OCH3 is 1. The number of fused-ring (bicyclic) bond motifs is 1. The molecule has 0 spiro atoms. The molecule has 25 heavy (non-hydrogen) atoms. The van der Waals surface area contributed by atoms with Crippen LogP contribution in [-0.4, -0.2) is 18.9 Å². The summed E-state index contributed by atoms with van der Waals surface area (Å²) in [7, 11) is 1.55. The summed E-state index contributed by atoms with van der Waals surface area (Å²) in [5.41, 5.74) is 7.83. The summed E-state index contributed by atoms with van der Waals surface area (Å²) in [6, 6.07) is 12.4. The van der Waals surface area contributed by atoms with Gasteiger partial charge in [0.1, 0.15) is 11.3 Å². The normalized spacial score (nSPS) is 10.5. The summed E-state index contributed by atoms with van der Waals surface area (Å²) in [4.78, 5) is 24.1. The highest BCUT2D eigenvalue weighted by molar-refractivity contribution is 5.96. The van der Waals surface area contributed by atoms with Crippen LogP contribution in [0.3, 0.4) is 0 Å². The molecule has 0 saturated heterocycles. The van der Waals surface area contributed by atoms with Crippen molar-refractivity contribution >= 4 is 22.8 Å². The SMILES string of the molecule is COc1ccc(C(=O)NNC(=O)Cc2coc3ccc(C)cc23)cc1. The van der Waals surface area contributed by atoms with Crippen molar-refractivity contribution in [3.63, 3.8) is 0 Å². The third-order valence-corrected chi connectivity index (χ3v) is 3.83. The molecule has 3 rings (SSSR count). The fourth-order valence-corrected chi connectivity index (χ4v) is 2.49. The van der Waals surface area contributed by atoms with E-state index >= 15 is 0 Å². The van der Waals surface area contributed by atoms with Crippen LogP contribution in [-0.2, 0) is 11.2 Å². The van der Waals surface area contributed by atoms with Gasteiger partial charge in [0.2, 0.25) is 5.91 Å². The van der Waals surface area contributed by atoms with Crippen molar-refractivity contribution < 1.29 is 18.7 Å². The van der Waals surface area contributed by atoms with Gasteiger partial charge in [0.05, 0.1) is 19.8 Å². The van der Waals surface area contributed by atoms with E-state index in [0.717, 1.165) is 22.1 Å². The molecule has 1 heterocycles. The smallest absolute Gasteiger partial charge is 0.269 e. The van der Waals surface area contributed by atoms with Crippen molar-refractivity contribution in [2.24, 2.45) is 0 Å². The zero-order valence-electron chi connectivity index (χ0n) is 14.0. The molecule has 0 radical (unpaired) electrons. The van der Waals surface area contributed by atoms with Crippen LogP contribution >= 0.6 is 0 Å². The van der Waals surface area contributed by atoms with Gasteiger partial charge in [-0.1, -0.05) is 11.6 Å². The molecule has 6 nitrogen and oxygen atoms in total. The predicted molar refractivity (Wildman–Crippen MR) is 93.3 cm³/mol. The topological polar surface area (TPSA) is 80.6 Å². The van der Waals surface area contributed by atoms with E-state index in [4.69, 9.17) is 9.15 Å². The molecular formula is C19H18N2O4. The van der Waals surface area contributed by atoms with E-state index in [2.05, 4.69) is 10.9 Å². The Balaban J connectivity index is 1.60. The maximum absolute atomic E-state index is 12.1. The highest BCUT2D eigenvalue weighted by Gasteiger charge is 2.12. The van der Waals surface area contributed by atoms with Gasteiger partial charge in [0.25, 0.3) is 5.91 Å². The second-order valence-electron chi connectivity index (χ2n) is 5.67. The van der Waals surface area contributed by atoms with Gasteiger partial charge in [-0.25, -0.2) is 0 Å². The van der Waals surface area contributed by atoms with Gasteiger partial charge in [-0.15, -0.1) is 0 Å². The zero-order chi connectivity index (χ0) is 17.8. The largest absolute Gasteiger partial charge is 0.497 e. The van der Waals surface area contributed by atoms with Crippen LogP contribution in [0.4, 0.5) is 0 Å². The maximum atomic E-state index is 12.1. The monoisotopic (exact) mass is 338 g/mol. The van der Waals surface area contributed by atoms with Crippen molar-refractivity contribution in [2.45, 2.75) is 13.3 Å². The molecule has 0 fully saturated rings. The van der Waals surface area contributed by atoms with Gasteiger partial charge in [0.15, 0.2) is 0 Å². The van der Waals surface area contributed by atoms with E-state index in [1.54, 1.807) is 37.6 Å². The van der Waals surface area contributed by atoms with E-state index in [-0.39, 0.29) is 12.3 Å². The first kappa shape index (κ1) is 16.6. The third-order valence-electron chi connectivity index (χ3n) is 3.83. The molecule has 0 aliphatic carbocycles. The number of furan rings is 1. The average molecular weight is 338 g/mol. The first-order valence-corrected chi connectivity index (χ1v) is 7.77. The van der Waals surface area contributed by atoms with Crippen LogP contribution in [0.2, 0.25) is 0 Å². The van der Waals surface area contributed by atoms with Gasteiger partial charge in [-0.2, -0.15) is 0 Å². The second kappa shape index (κ2) is 7.09. The summed E-state index contributed by atoms with van der Waals surface area (Å²) in [5.74, 6) is -0.0716. The van der Waals surface area contributed by atoms with E-state index < -0.39 is 5.91 Å². The number of aryl methyl sites for hydroxylation is 1. The Kier molecular flexibility index (Phi) is 4.70. The molecule has 0 atom stereocenters. The molecule has 128 valence electrons. The summed E-state index contributed by atoms with van der Waals surface area (Å²) in [6.45, 7) is 1.98. The number of rotatable bonds is 4. The summed E-state index contributed by atoms with van der Waals surface area (Å²) >= 11 is 0. The number of carbonyl (C=O) groups is 2. The van der Waals surface area contributed by atoms with Gasteiger partial charge in [-0.3, -0.25) is 20.4 Å². The van der Waals surface area contributed by atoms with Crippen LogP contribution in [0.15, 0.2) is 53.1 Å². The molecule has 1 aromatic heterocycles. The predicted octanol–water partition coefficient (Wildman–Crippen LogP) is 2.75. The minimum atomic E-state index is -0.399. The van der Waals surface area contributed by atoms with Gasteiger partial charge in [-0.05, 0) is 43.3 Å². The van der Waals surface area contributed by atoms with Crippen molar-refractivity contribution in [1.29, 1.82) is 0 Å². The Hall–Kier alpha value is -3.28. The van der Waals surface area contributed by atoms with Gasteiger partial charge >= 0.3 is 0 Å². The Morgan fingerprint density at radius 2 is 1.84 bits per heavy atom. The van der Waals surface area contributed by atoms with E-state index in [0.29, 0.717) is 11.3 Å². The maximum Gasteiger partial charge on any atom is 0.269 e. The van der Waals surface area contributed by atoms with Crippen LogP contribution in [0.1, 0.15) is 21.5 Å². The lowest BCUT2D eigenvalue weighted by molar-refractivity contribution is -0.121. The lowest BCUT2D eigenvalue weighted by Gasteiger charge is -2.07. The number of nitrogens with one attached hydrogen (secondary N) is 2. The molecule has 2 aromatic carbocycles. The Morgan fingerprint density at radius 1 is 1.08 bits per heavy atom. The summed E-state index contributed by atoms with van der Waals surface area (Å²) < 4.78 is 10.5. The average Bonchev–Trinajstić information content (AvgIpc) is 3.01. The molecular weight excluding hydrogens is 320 g/mol. The number of hydrazine groups is 1. The first-order valence-electron chi connectivity index (χ1n) is 7.77. The molecule has 6 heteroatoms. The molecule has 0 aliphatic rings. The highest BCUT2D eigenvalue weighted by Crippen LogP contribution is 2.22. The quantitative estimate of drug-likeness (QED) is 0.717. The third kappa shape index (κ3) is 3.80. The summed E-state index contributed by atoms with van der Waals surface area (Å²) in [6.07, 6.45) is 1.67. The standard InChI is InChI=1S/C19H18N2O4/c1-12-3-8-17-16(9-12)14(11-25-17)10-18(22)20-21-19(23)13-4-6-15(24-2)7-5-13/h3-9,11H,10H2,1-2H3,(H,20,22)(H,21,23). The van der Waals surface area contributed by atoms with Crippen molar-refractivity contribution in [3.05, 3.63) is 65.4 Å². The van der Waals surface area contributed by atoms with Crippen LogP contribution in [0.5, 0.6) is 5.75 Å². The Bertz CT molecular complexity index is 913. The lowest BCUT2D eigenvalue weighted by Crippen LogP contribution is -2.42. The number of hydrogen-bond donors (Lipinski definition) is 2. The zero-order valence-corrected chi connectivity index (χ0v) is 14.0. The van der Waals surface area contributed by atoms with Crippen molar-refractivity contribution in [3.8, 4) is 5.75 Å². The van der Waals surface area contributed by atoms with Gasteiger partial charge in [0, 0.05) is 16.5 Å². The lowest BCUT2D eigenvalue weighted by atomic mass is 10.1. The van der Waals surface area contributed by atoms with E-state index in [1.807, 2.05) is 25.1 Å². The molecule has 2 amide bonds. The molecule has 0 unspecified atom stereocenters. The Labute approximate surface area is 144 Å². The van der Waals surface area contributed by atoms with Crippen LogP contribution < -0.4 is 15.6 Å². The van der Waals surface area contributed by atoms with Crippen LogP contribution in [0, 0.1) is 6.92 Å². The van der Waals surface area contributed by atoms with Crippen LogP contribution in [0.25, 0.3) is 11.0 Å². The molecule has 0 saturated carbocycles. The molecule has 2 N–H and O–H groups in total. The molecule has 0 aliphatic heterocycles. The minimum absolute atomic E-state index is 0.110. The molecule has 0 bridgehead atoms. The van der Waals surface area contributed by atoms with Crippen molar-refractivity contribution in [2.75, 3.05) is 7.11 Å². The van der Waals surface area contributed by atoms with E-state index in [9.17, 15) is 9.59 Å². The Morgan fingerprint density at radius 3 is 2.56 bits per heavy atom. The van der Waals surface area contributed by atoms with E-state index in [1.165, 1.54) is 0 Å². The number of carbonyl (C=O) groups excluding carboxylic acids is 2. The van der Waals surface area contributed by atoms with Gasteiger partial charge < -0.3 is 9.15 Å². The highest BCUT2D eigenvalue weighted by atomic mass is 16.5. The summed E-state index contributed by atoms with van der Waals surface area (Å²) in [5, 5.41) is 0.900. The van der Waals surface area contributed by atoms with Crippen molar-refractivity contribution in [1.82, 2.24) is 10.9 Å². The fraction of sp³-hybridized carbons (Fsp3) is 0.158. The number of amides is 2. The first-order chi connectivity index (χ1) is 12.1. The number of hydrogen-bond acceptors (Lipinski definition) is 4. The second-order valence-corrected chi connectivity index (χ2v) is 5.67. The minimum Gasteiger partial charge on any atom is -0.497 e. The number of benzene rings is 2. The molecule has 3 aromatic rings.